The van der Waals surface area contributed by atoms with Gasteiger partial charge in [0.05, 0.1) is 29.3 Å². The molecule has 2 heterocycles. The van der Waals surface area contributed by atoms with Gasteiger partial charge < -0.3 is 19.6 Å². The first-order valence-electron chi connectivity index (χ1n) is 10.8. The summed E-state index contributed by atoms with van der Waals surface area (Å²) in [7, 11) is 1.32. The maximum absolute atomic E-state index is 13.5. The molecule has 0 bridgehead atoms. The summed E-state index contributed by atoms with van der Waals surface area (Å²) in [5, 5.41) is 13.0. The lowest BCUT2D eigenvalue weighted by Crippen LogP contribution is -2.50. The molecule has 0 radical (unpaired) electrons. The number of nitrogens with one attached hydrogen (secondary N) is 1. The van der Waals surface area contributed by atoms with E-state index in [0.717, 1.165) is 63.7 Å². The number of carbonyl (C=O) groups is 2. The van der Waals surface area contributed by atoms with Crippen molar-refractivity contribution in [3.8, 4) is 0 Å². The zero-order chi connectivity index (χ0) is 21.3. The van der Waals surface area contributed by atoms with E-state index in [4.69, 9.17) is 11.6 Å². The maximum atomic E-state index is 13.5. The van der Waals surface area contributed by atoms with E-state index < -0.39 is 6.09 Å². The van der Waals surface area contributed by atoms with E-state index in [1.807, 2.05) is 6.07 Å². The second kappa shape index (κ2) is 8.63. The largest absolute Gasteiger partial charge is 0.453 e. The Morgan fingerprint density at radius 1 is 1.23 bits per heavy atom. The van der Waals surface area contributed by atoms with Gasteiger partial charge >= 0.3 is 6.09 Å². The van der Waals surface area contributed by atoms with E-state index >= 15 is 0 Å². The van der Waals surface area contributed by atoms with Gasteiger partial charge in [-0.15, -0.1) is 0 Å². The normalized spacial score (nSPS) is 29.4. The van der Waals surface area contributed by atoms with Crippen molar-refractivity contribution >= 4 is 35.0 Å². The summed E-state index contributed by atoms with van der Waals surface area (Å²) in [5.74, 6) is 0.272. The summed E-state index contributed by atoms with van der Waals surface area (Å²) in [6, 6.07) is 5.68. The van der Waals surface area contributed by atoms with Crippen molar-refractivity contribution in [1.29, 1.82) is 0 Å². The molecule has 8 heteroatoms. The minimum Gasteiger partial charge on any atom is -0.453 e. The summed E-state index contributed by atoms with van der Waals surface area (Å²) in [5.41, 5.74) is 1.11. The Morgan fingerprint density at radius 2 is 2.00 bits per heavy atom. The lowest BCUT2D eigenvalue weighted by atomic mass is 9.78. The molecule has 2 saturated heterocycles. The molecule has 1 aromatic carbocycles. The maximum Gasteiger partial charge on any atom is 0.411 e. The van der Waals surface area contributed by atoms with Gasteiger partial charge in [0.25, 0.3) is 0 Å². The molecule has 1 aliphatic carbocycles. The highest BCUT2D eigenvalue weighted by Crippen LogP contribution is 2.44. The van der Waals surface area contributed by atoms with Crippen LogP contribution in [-0.4, -0.2) is 60.9 Å². The van der Waals surface area contributed by atoms with Gasteiger partial charge in [-0.25, -0.2) is 4.79 Å². The number of amides is 2. The fourth-order valence-corrected chi connectivity index (χ4v) is 5.59. The number of piperidine rings is 1. The molecule has 164 valence electrons. The summed E-state index contributed by atoms with van der Waals surface area (Å²) < 4.78 is 4.62. The first kappa shape index (κ1) is 21.2. The van der Waals surface area contributed by atoms with Crippen LogP contribution in [0.25, 0.3) is 0 Å². The van der Waals surface area contributed by atoms with E-state index in [1.54, 1.807) is 12.1 Å². The van der Waals surface area contributed by atoms with Crippen LogP contribution in [0.5, 0.6) is 0 Å². The number of rotatable bonds is 3. The number of ether oxygens (including phenoxy) is 1. The molecule has 2 aliphatic heterocycles. The Labute approximate surface area is 182 Å². The number of aliphatic hydroxyl groups is 1. The van der Waals surface area contributed by atoms with Gasteiger partial charge in [-0.3, -0.25) is 10.1 Å². The Morgan fingerprint density at radius 3 is 2.70 bits per heavy atom. The Balaban J connectivity index is 1.47. The number of halogens is 1. The SMILES string of the molecule is COC(=O)Nc1ccc(N2CCCC3(CCN(C4CCC(O)CC4)C3=O)C2)c(Cl)c1. The highest BCUT2D eigenvalue weighted by molar-refractivity contribution is 6.33. The Bertz CT molecular complexity index is 812. The number of benzene rings is 1. The van der Waals surface area contributed by atoms with Crippen molar-refractivity contribution < 1.29 is 19.4 Å². The van der Waals surface area contributed by atoms with Gasteiger partial charge in [-0.2, -0.15) is 0 Å². The summed E-state index contributed by atoms with van der Waals surface area (Å²) >= 11 is 6.53. The number of hydrogen-bond donors (Lipinski definition) is 2. The minimum atomic E-state index is -0.539. The van der Waals surface area contributed by atoms with Gasteiger partial charge in [0.15, 0.2) is 0 Å². The smallest absolute Gasteiger partial charge is 0.411 e. The van der Waals surface area contributed by atoms with E-state index in [-0.39, 0.29) is 23.5 Å². The zero-order valence-corrected chi connectivity index (χ0v) is 18.2. The third-order valence-corrected chi connectivity index (χ3v) is 7.25. The van der Waals surface area contributed by atoms with E-state index in [9.17, 15) is 14.7 Å². The molecule has 1 aromatic rings. The first-order chi connectivity index (χ1) is 14.4. The molecular weight excluding hydrogens is 406 g/mol. The van der Waals surface area contributed by atoms with Crippen molar-refractivity contribution in [3.05, 3.63) is 23.2 Å². The molecule has 1 atom stereocenters. The molecule has 4 rings (SSSR count). The lowest BCUT2D eigenvalue weighted by Gasteiger charge is -2.41. The van der Waals surface area contributed by atoms with Crippen molar-refractivity contribution in [2.45, 2.75) is 57.1 Å². The van der Waals surface area contributed by atoms with Crippen molar-refractivity contribution in [2.24, 2.45) is 5.41 Å². The minimum absolute atomic E-state index is 0.211. The van der Waals surface area contributed by atoms with Crippen LogP contribution in [0.3, 0.4) is 0 Å². The third-order valence-electron chi connectivity index (χ3n) is 6.95. The predicted octanol–water partition coefficient (Wildman–Crippen LogP) is 3.64. The Kier molecular flexibility index (Phi) is 6.11. The van der Waals surface area contributed by atoms with Crippen LogP contribution in [-0.2, 0) is 9.53 Å². The summed E-state index contributed by atoms with van der Waals surface area (Å²) in [6.07, 6.45) is 5.35. The molecule has 7 nitrogen and oxygen atoms in total. The van der Waals surface area contributed by atoms with Gasteiger partial charge in [0.1, 0.15) is 0 Å². The number of anilines is 2. The molecule has 1 unspecified atom stereocenters. The Hall–Kier alpha value is -1.99. The van der Waals surface area contributed by atoms with Gasteiger partial charge in [-0.1, -0.05) is 11.6 Å². The number of likely N-dealkylation sites (tertiary alicyclic amines) is 1. The zero-order valence-electron chi connectivity index (χ0n) is 17.4. The van der Waals surface area contributed by atoms with Crippen LogP contribution < -0.4 is 10.2 Å². The first-order valence-corrected chi connectivity index (χ1v) is 11.2. The van der Waals surface area contributed by atoms with Crippen LogP contribution in [0.1, 0.15) is 44.9 Å². The average Bonchev–Trinajstić information content (AvgIpc) is 3.04. The van der Waals surface area contributed by atoms with Gasteiger partial charge in [-0.05, 0) is 63.1 Å². The van der Waals surface area contributed by atoms with Crippen LogP contribution in [0.15, 0.2) is 18.2 Å². The number of nitrogens with zero attached hydrogens (tertiary/aromatic N) is 2. The van der Waals surface area contributed by atoms with Crippen molar-refractivity contribution in [1.82, 2.24) is 4.90 Å². The topological polar surface area (TPSA) is 82.1 Å². The highest BCUT2D eigenvalue weighted by Gasteiger charge is 2.50. The second-order valence-electron chi connectivity index (χ2n) is 8.80. The van der Waals surface area contributed by atoms with E-state index in [2.05, 4.69) is 19.9 Å². The molecule has 1 spiro atoms. The molecule has 3 aliphatic rings. The van der Waals surface area contributed by atoms with Crippen LogP contribution >= 0.6 is 11.6 Å². The molecule has 30 heavy (non-hydrogen) atoms. The second-order valence-corrected chi connectivity index (χ2v) is 9.21. The third kappa shape index (κ3) is 4.10. The monoisotopic (exact) mass is 435 g/mol. The van der Waals surface area contributed by atoms with Crippen LogP contribution in [0.2, 0.25) is 5.02 Å². The van der Waals surface area contributed by atoms with Crippen molar-refractivity contribution in [3.63, 3.8) is 0 Å². The predicted molar refractivity (Wildman–Crippen MR) is 116 cm³/mol. The fraction of sp³-hybridized carbons (Fsp3) is 0.636. The molecule has 3 fully saturated rings. The molecule has 1 saturated carbocycles. The van der Waals surface area contributed by atoms with Crippen LogP contribution in [0, 0.1) is 5.41 Å². The van der Waals surface area contributed by atoms with Gasteiger partial charge in [0.2, 0.25) is 5.91 Å². The number of methoxy groups -OCH3 is 1. The average molecular weight is 436 g/mol. The number of carbonyl (C=O) groups excluding carboxylic acids is 2. The molecule has 0 aromatic heterocycles. The van der Waals surface area contributed by atoms with E-state index in [0.29, 0.717) is 17.3 Å². The standard InChI is InChI=1S/C22H30ClN3O4/c1-30-21(29)24-15-3-8-19(18(23)13-15)25-11-2-9-22(14-25)10-12-26(20(22)28)16-4-6-17(27)7-5-16/h3,8,13,16-17,27H,2,4-7,9-12,14H2,1H3,(H,24,29). The molecule has 2 N–H and O–H groups in total. The molecule has 2 amide bonds. The molecular formula is C22H30ClN3O4. The number of aliphatic hydroxyl groups excluding tert-OH is 1. The number of hydrogen-bond acceptors (Lipinski definition) is 5. The summed E-state index contributed by atoms with van der Waals surface area (Å²) in [6.45, 7) is 2.33. The fourth-order valence-electron chi connectivity index (χ4n) is 5.29. The van der Waals surface area contributed by atoms with E-state index in [1.165, 1.54) is 7.11 Å². The van der Waals surface area contributed by atoms with Gasteiger partial charge in [0, 0.05) is 31.4 Å². The summed E-state index contributed by atoms with van der Waals surface area (Å²) in [4.78, 5) is 29.2. The highest BCUT2D eigenvalue weighted by atomic mass is 35.5. The lowest BCUT2D eigenvalue weighted by molar-refractivity contribution is -0.139. The van der Waals surface area contributed by atoms with Crippen molar-refractivity contribution in [2.75, 3.05) is 37.0 Å². The van der Waals surface area contributed by atoms with Crippen LogP contribution in [0.4, 0.5) is 16.2 Å². The quantitative estimate of drug-likeness (QED) is 0.757.